The predicted octanol–water partition coefficient (Wildman–Crippen LogP) is 3.08. The maximum atomic E-state index is 10.7. The SMILES string of the molecule is Cc1ccc(-c2ccc(CCC(N)=O)cc2)cc1. The number of nitrogens with two attached hydrogens (primary N) is 1. The molecule has 2 aromatic rings. The van der Waals surface area contributed by atoms with Crippen LogP contribution >= 0.6 is 0 Å². The zero-order chi connectivity index (χ0) is 13.0. The van der Waals surface area contributed by atoms with Crippen molar-refractivity contribution >= 4 is 5.91 Å². The van der Waals surface area contributed by atoms with Gasteiger partial charge in [0.05, 0.1) is 0 Å². The number of amides is 1. The number of aryl methyl sites for hydroxylation is 2. The van der Waals surface area contributed by atoms with Gasteiger partial charge in [-0.1, -0.05) is 54.1 Å². The number of hydrogen-bond acceptors (Lipinski definition) is 1. The van der Waals surface area contributed by atoms with E-state index in [-0.39, 0.29) is 5.91 Å². The average molecular weight is 239 g/mol. The minimum atomic E-state index is -0.252. The van der Waals surface area contributed by atoms with Crippen LogP contribution in [-0.2, 0) is 11.2 Å². The summed E-state index contributed by atoms with van der Waals surface area (Å²) >= 11 is 0. The van der Waals surface area contributed by atoms with Crippen molar-refractivity contribution in [1.82, 2.24) is 0 Å². The van der Waals surface area contributed by atoms with Crippen LogP contribution in [0.25, 0.3) is 11.1 Å². The first-order valence-corrected chi connectivity index (χ1v) is 6.09. The number of hydrogen-bond donors (Lipinski definition) is 1. The third kappa shape index (κ3) is 3.20. The molecule has 0 aliphatic carbocycles. The highest BCUT2D eigenvalue weighted by Gasteiger charge is 2.00. The van der Waals surface area contributed by atoms with Gasteiger partial charge in [-0.3, -0.25) is 4.79 Å². The second-order valence-corrected chi connectivity index (χ2v) is 4.53. The summed E-state index contributed by atoms with van der Waals surface area (Å²) in [7, 11) is 0. The highest BCUT2D eigenvalue weighted by molar-refractivity contribution is 5.74. The van der Waals surface area contributed by atoms with Crippen LogP contribution in [-0.4, -0.2) is 5.91 Å². The van der Waals surface area contributed by atoms with Gasteiger partial charge in [0.25, 0.3) is 0 Å². The molecule has 0 unspecified atom stereocenters. The Bertz CT molecular complexity index is 526. The van der Waals surface area contributed by atoms with E-state index in [0.717, 1.165) is 5.56 Å². The fraction of sp³-hybridized carbons (Fsp3) is 0.188. The van der Waals surface area contributed by atoms with Gasteiger partial charge >= 0.3 is 0 Å². The molecule has 2 nitrogen and oxygen atoms in total. The van der Waals surface area contributed by atoms with Crippen LogP contribution in [0.3, 0.4) is 0 Å². The Labute approximate surface area is 107 Å². The lowest BCUT2D eigenvalue weighted by molar-refractivity contribution is -0.117. The smallest absolute Gasteiger partial charge is 0.217 e. The lowest BCUT2D eigenvalue weighted by atomic mass is 10.0. The monoisotopic (exact) mass is 239 g/mol. The first-order valence-electron chi connectivity index (χ1n) is 6.09. The van der Waals surface area contributed by atoms with Crippen molar-refractivity contribution in [3.63, 3.8) is 0 Å². The molecule has 0 atom stereocenters. The van der Waals surface area contributed by atoms with Gasteiger partial charge in [-0.25, -0.2) is 0 Å². The summed E-state index contributed by atoms with van der Waals surface area (Å²) in [4.78, 5) is 10.7. The first-order chi connectivity index (χ1) is 8.65. The number of rotatable bonds is 4. The molecule has 0 aliphatic rings. The van der Waals surface area contributed by atoms with Crippen molar-refractivity contribution in [3.8, 4) is 11.1 Å². The largest absolute Gasteiger partial charge is 0.370 e. The quantitative estimate of drug-likeness (QED) is 0.875. The van der Waals surface area contributed by atoms with Crippen molar-refractivity contribution in [1.29, 1.82) is 0 Å². The number of carbonyl (C=O) groups is 1. The van der Waals surface area contributed by atoms with Crippen molar-refractivity contribution in [2.45, 2.75) is 19.8 Å². The van der Waals surface area contributed by atoms with Gasteiger partial charge in [-0.2, -0.15) is 0 Å². The standard InChI is InChI=1S/C16H17NO/c1-12-2-7-14(8-3-12)15-9-4-13(5-10-15)6-11-16(17)18/h2-5,7-10H,6,11H2,1H3,(H2,17,18). The minimum absolute atomic E-state index is 0.252. The van der Waals surface area contributed by atoms with Crippen LogP contribution in [0.4, 0.5) is 0 Å². The van der Waals surface area contributed by atoms with Gasteiger partial charge in [0.1, 0.15) is 0 Å². The lowest BCUT2D eigenvalue weighted by Gasteiger charge is -2.04. The molecule has 0 saturated carbocycles. The van der Waals surface area contributed by atoms with E-state index in [1.807, 2.05) is 0 Å². The predicted molar refractivity (Wildman–Crippen MR) is 74.1 cm³/mol. The fourth-order valence-electron chi connectivity index (χ4n) is 1.88. The molecule has 0 fully saturated rings. The number of benzene rings is 2. The molecule has 2 heteroatoms. The Hall–Kier alpha value is -2.09. The lowest BCUT2D eigenvalue weighted by Crippen LogP contribution is -2.11. The van der Waals surface area contributed by atoms with Gasteiger partial charge in [-0.05, 0) is 30.0 Å². The maximum Gasteiger partial charge on any atom is 0.217 e. The van der Waals surface area contributed by atoms with Gasteiger partial charge in [0.15, 0.2) is 0 Å². The molecule has 92 valence electrons. The summed E-state index contributed by atoms with van der Waals surface area (Å²) in [6.07, 6.45) is 1.12. The van der Waals surface area contributed by atoms with Gasteiger partial charge in [0.2, 0.25) is 5.91 Å². The third-order valence-corrected chi connectivity index (χ3v) is 3.00. The molecule has 0 bridgehead atoms. The van der Waals surface area contributed by atoms with Gasteiger partial charge < -0.3 is 5.73 Å². The molecule has 18 heavy (non-hydrogen) atoms. The van der Waals surface area contributed by atoms with Crippen molar-refractivity contribution in [2.75, 3.05) is 0 Å². The molecule has 0 aromatic heterocycles. The fourth-order valence-corrected chi connectivity index (χ4v) is 1.88. The Morgan fingerprint density at radius 3 is 1.94 bits per heavy atom. The van der Waals surface area contributed by atoms with E-state index in [1.54, 1.807) is 0 Å². The van der Waals surface area contributed by atoms with E-state index in [9.17, 15) is 4.79 Å². The zero-order valence-corrected chi connectivity index (χ0v) is 10.5. The van der Waals surface area contributed by atoms with Gasteiger partial charge in [-0.15, -0.1) is 0 Å². The van der Waals surface area contributed by atoms with E-state index in [1.165, 1.54) is 16.7 Å². The average Bonchev–Trinajstić information content (AvgIpc) is 2.38. The molecule has 0 aliphatic heterocycles. The van der Waals surface area contributed by atoms with Crippen LogP contribution in [0.2, 0.25) is 0 Å². The molecule has 0 radical (unpaired) electrons. The Balaban J connectivity index is 2.12. The zero-order valence-electron chi connectivity index (χ0n) is 10.5. The van der Waals surface area contributed by atoms with Crippen molar-refractivity contribution in [3.05, 3.63) is 59.7 Å². The number of primary amides is 1. The summed E-state index contributed by atoms with van der Waals surface area (Å²) in [6, 6.07) is 16.7. The second kappa shape index (κ2) is 5.50. The third-order valence-electron chi connectivity index (χ3n) is 3.00. The summed E-state index contributed by atoms with van der Waals surface area (Å²) in [5.74, 6) is -0.252. The molecule has 2 N–H and O–H groups in total. The highest BCUT2D eigenvalue weighted by atomic mass is 16.1. The summed E-state index contributed by atoms with van der Waals surface area (Å²) in [5, 5.41) is 0. The first kappa shape index (κ1) is 12.4. The number of carbonyl (C=O) groups excluding carboxylic acids is 1. The highest BCUT2D eigenvalue weighted by Crippen LogP contribution is 2.20. The molecule has 2 rings (SSSR count). The minimum Gasteiger partial charge on any atom is -0.370 e. The molecule has 0 saturated heterocycles. The van der Waals surface area contributed by atoms with E-state index >= 15 is 0 Å². The topological polar surface area (TPSA) is 43.1 Å². The molecule has 1 amide bonds. The Kier molecular flexibility index (Phi) is 3.78. The van der Waals surface area contributed by atoms with Crippen LogP contribution in [0.15, 0.2) is 48.5 Å². The van der Waals surface area contributed by atoms with Crippen molar-refractivity contribution < 1.29 is 4.79 Å². The maximum absolute atomic E-state index is 10.7. The van der Waals surface area contributed by atoms with E-state index in [2.05, 4.69) is 55.5 Å². The van der Waals surface area contributed by atoms with Gasteiger partial charge in [0, 0.05) is 6.42 Å². The molecular weight excluding hydrogens is 222 g/mol. The molecule has 0 heterocycles. The Morgan fingerprint density at radius 1 is 0.944 bits per heavy atom. The van der Waals surface area contributed by atoms with Crippen molar-refractivity contribution in [2.24, 2.45) is 5.73 Å². The molecular formula is C16H17NO. The second-order valence-electron chi connectivity index (χ2n) is 4.53. The van der Waals surface area contributed by atoms with E-state index in [4.69, 9.17) is 5.73 Å². The van der Waals surface area contributed by atoms with Crippen LogP contribution in [0.5, 0.6) is 0 Å². The molecule has 0 spiro atoms. The summed E-state index contributed by atoms with van der Waals surface area (Å²) < 4.78 is 0. The Morgan fingerprint density at radius 2 is 1.44 bits per heavy atom. The molecule has 2 aromatic carbocycles. The summed E-state index contributed by atoms with van der Waals surface area (Å²) in [6.45, 7) is 2.08. The summed E-state index contributed by atoms with van der Waals surface area (Å²) in [5.41, 5.74) is 9.94. The van der Waals surface area contributed by atoms with E-state index < -0.39 is 0 Å². The van der Waals surface area contributed by atoms with Crippen LogP contribution in [0, 0.1) is 6.92 Å². The normalized spacial score (nSPS) is 10.3. The van der Waals surface area contributed by atoms with Crippen LogP contribution < -0.4 is 5.73 Å². The van der Waals surface area contributed by atoms with E-state index in [0.29, 0.717) is 12.8 Å². The van der Waals surface area contributed by atoms with Crippen LogP contribution in [0.1, 0.15) is 17.5 Å².